The van der Waals surface area contributed by atoms with Crippen LogP contribution in [0.15, 0.2) is 6.20 Å². The van der Waals surface area contributed by atoms with Gasteiger partial charge in [0.15, 0.2) is 5.82 Å². The minimum atomic E-state index is -0.421. The Bertz CT molecular complexity index is 437. The monoisotopic (exact) mass is 185 g/mol. The van der Waals surface area contributed by atoms with Crippen LogP contribution in [0.1, 0.15) is 5.82 Å². The molecule has 2 heterocycles. The van der Waals surface area contributed by atoms with Gasteiger partial charge in [0.1, 0.15) is 16.6 Å². The van der Waals surface area contributed by atoms with Gasteiger partial charge in [0, 0.05) is 6.20 Å². The summed E-state index contributed by atoms with van der Waals surface area (Å²) in [5.74, 6) is 0.101. The molecule has 62 valence electrons. The molecule has 0 saturated heterocycles. The molecule has 0 unspecified atom stereocenters. The maximum atomic E-state index is 12.9. The molecule has 5 heteroatoms. The number of hydrogen-bond acceptors (Lipinski definition) is 2. The molecule has 0 aromatic carbocycles. The van der Waals surface area contributed by atoms with E-state index in [0.29, 0.717) is 11.5 Å². The number of halogens is 2. The second-order valence-electron chi connectivity index (χ2n) is 2.42. The summed E-state index contributed by atoms with van der Waals surface area (Å²) in [5.41, 5.74) is 0.435. The van der Waals surface area contributed by atoms with Gasteiger partial charge >= 0.3 is 0 Å². The van der Waals surface area contributed by atoms with Crippen LogP contribution in [0, 0.1) is 12.7 Å². The molecule has 0 aliphatic rings. The Morgan fingerprint density at radius 1 is 1.50 bits per heavy atom. The maximum Gasteiger partial charge on any atom is 0.153 e. The van der Waals surface area contributed by atoms with E-state index in [1.165, 1.54) is 6.20 Å². The lowest BCUT2D eigenvalue weighted by Crippen LogP contribution is -1.89. The molecule has 2 aromatic heterocycles. The van der Waals surface area contributed by atoms with Crippen LogP contribution in [0.3, 0.4) is 0 Å². The quantitative estimate of drug-likeness (QED) is 0.639. The highest BCUT2D eigenvalue weighted by Crippen LogP contribution is 2.22. The third-order valence-corrected chi connectivity index (χ3v) is 1.82. The molecule has 0 atom stereocenters. The van der Waals surface area contributed by atoms with Gasteiger partial charge in [-0.25, -0.2) is 14.4 Å². The Morgan fingerprint density at radius 3 is 3.00 bits per heavy atom. The van der Waals surface area contributed by atoms with Crippen LogP contribution in [-0.4, -0.2) is 15.0 Å². The predicted molar refractivity (Wildman–Crippen MR) is 43.6 cm³/mol. The zero-order valence-electron chi connectivity index (χ0n) is 6.23. The molecule has 0 amide bonds. The fraction of sp³-hybridized carbons (Fsp3) is 0.143. The first-order valence-corrected chi connectivity index (χ1v) is 3.73. The van der Waals surface area contributed by atoms with Gasteiger partial charge in [-0.3, -0.25) is 0 Å². The average Bonchev–Trinajstić information content (AvgIpc) is 2.31. The Morgan fingerprint density at radius 2 is 2.25 bits per heavy atom. The SMILES string of the molecule is Cc1nc(Cl)c2c(F)c[nH]c2n1. The van der Waals surface area contributed by atoms with Gasteiger partial charge in [-0.15, -0.1) is 0 Å². The van der Waals surface area contributed by atoms with Crippen molar-refractivity contribution in [2.75, 3.05) is 0 Å². The summed E-state index contributed by atoms with van der Waals surface area (Å²) in [7, 11) is 0. The number of nitrogens with zero attached hydrogens (tertiary/aromatic N) is 2. The van der Waals surface area contributed by atoms with Crippen LogP contribution in [0.25, 0.3) is 11.0 Å². The topological polar surface area (TPSA) is 41.6 Å². The second kappa shape index (κ2) is 2.42. The number of aryl methyl sites for hydroxylation is 1. The molecule has 0 aliphatic carbocycles. The normalized spacial score (nSPS) is 10.9. The van der Waals surface area contributed by atoms with Gasteiger partial charge in [-0.05, 0) is 6.92 Å². The van der Waals surface area contributed by atoms with Crippen LogP contribution < -0.4 is 0 Å². The molecule has 3 nitrogen and oxygen atoms in total. The number of aromatic nitrogens is 3. The number of fused-ring (bicyclic) bond motifs is 1. The first-order valence-electron chi connectivity index (χ1n) is 3.35. The zero-order valence-corrected chi connectivity index (χ0v) is 6.98. The van der Waals surface area contributed by atoms with E-state index in [-0.39, 0.29) is 10.5 Å². The first kappa shape index (κ1) is 7.49. The van der Waals surface area contributed by atoms with Crippen LogP contribution in [0.2, 0.25) is 5.15 Å². The summed E-state index contributed by atoms with van der Waals surface area (Å²) in [5, 5.41) is 0.401. The summed E-state index contributed by atoms with van der Waals surface area (Å²) in [6.45, 7) is 1.70. The second-order valence-corrected chi connectivity index (χ2v) is 2.78. The molecule has 12 heavy (non-hydrogen) atoms. The largest absolute Gasteiger partial charge is 0.343 e. The molecular formula is C7H5ClFN3. The fourth-order valence-corrected chi connectivity index (χ4v) is 1.36. The van der Waals surface area contributed by atoms with Gasteiger partial charge in [-0.2, -0.15) is 0 Å². The van der Waals surface area contributed by atoms with Crippen molar-refractivity contribution in [2.45, 2.75) is 6.92 Å². The zero-order chi connectivity index (χ0) is 8.72. The standard InChI is InChI=1S/C7H5ClFN3/c1-3-11-6(8)5-4(9)2-10-7(5)12-3/h2H,1H3,(H,10,11,12). The summed E-state index contributed by atoms with van der Waals surface area (Å²) in [4.78, 5) is 10.5. The minimum Gasteiger partial charge on any atom is -0.343 e. The Hall–Kier alpha value is -1.16. The lowest BCUT2D eigenvalue weighted by molar-refractivity contribution is 0.639. The van der Waals surface area contributed by atoms with Crippen molar-refractivity contribution in [3.05, 3.63) is 23.0 Å². The Labute approximate surface area is 72.6 Å². The van der Waals surface area contributed by atoms with Crippen molar-refractivity contribution >= 4 is 22.6 Å². The lowest BCUT2D eigenvalue weighted by atomic mass is 10.4. The average molecular weight is 186 g/mol. The predicted octanol–water partition coefficient (Wildman–Crippen LogP) is 2.06. The molecule has 1 N–H and O–H groups in total. The summed E-state index contributed by atoms with van der Waals surface area (Å²) < 4.78 is 12.9. The lowest BCUT2D eigenvalue weighted by Gasteiger charge is -1.94. The maximum absolute atomic E-state index is 12.9. The third kappa shape index (κ3) is 0.956. The molecule has 2 rings (SSSR count). The van der Waals surface area contributed by atoms with Gasteiger partial charge in [-0.1, -0.05) is 11.6 Å². The number of nitrogens with one attached hydrogen (secondary N) is 1. The third-order valence-electron chi connectivity index (χ3n) is 1.55. The summed E-state index contributed by atoms with van der Waals surface area (Å²) in [6.07, 6.45) is 1.21. The van der Waals surface area contributed by atoms with Gasteiger partial charge in [0.05, 0.1) is 5.39 Å². The molecule has 0 aliphatic heterocycles. The van der Waals surface area contributed by atoms with Crippen LogP contribution >= 0.6 is 11.6 Å². The van der Waals surface area contributed by atoms with Crippen LogP contribution in [0.5, 0.6) is 0 Å². The van der Waals surface area contributed by atoms with E-state index in [2.05, 4.69) is 15.0 Å². The van der Waals surface area contributed by atoms with E-state index in [1.54, 1.807) is 6.92 Å². The van der Waals surface area contributed by atoms with Crippen molar-refractivity contribution in [3.63, 3.8) is 0 Å². The first-order chi connectivity index (χ1) is 5.68. The molecule has 0 spiro atoms. The van der Waals surface area contributed by atoms with E-state index < -0.39 is 5.82 Å². The molecule has 0 saturated carbocycles. The van der Waals surface area contributed by atoms with Crippen molar-refractivity contribution in [2.24, 2.45) is 0 Å². The Balaban J connectivity index is 2.93. The van der Waals surface area contributed by atoms with Gasteiger partial charge in [0.25, 0.3) is 0 Å². The van der Waals surface area contributed by atoms with E-state index >= 15 is 0 Å². The molecule has 0 bridgehead atoms. The number of hydrogen-bond donors (Lipinski definition) is 1. The highest BCUT2D eigenvalue weighted by molar-refractivity contribution is 6.34. The van der Waals surface area contributed by atoms with Gasteiger partial charge < -0.3 is 4.98 Å². The van der Waals surface area contributed by atoms with Crippen molar-refractivity contribution in [1.29, 1.82) is 0 Å². The molecular weight excluding hydrogens is 181 g/mol. The number of H-pyrrole nitrogens is 1. The smallest absolute Gasteiger partial charge is 0.153 e. The number of aromatic amines is 1. The fourth-order valence-electron chi connectivity index (χ4n) is 1.06. The molecule has 0 fully saturated rings. The van der Waals surface area contributed by atoms with E-state index in [0.717, 1.165) is 0 Å². The van der Waals surface area contributed by atoms with Crippen LogP contribution in [-0.2, 0) is 0 Å². The van der Waals surface area contributed by atoms with Gasteiger partial charge in [0.2, 0.25) is 0 Å². The summed E-state index contributed by atoms with van der Waals surface area (Å²) in [6, 6.07) is 0. The van der Waals surface area contributed by atoms with Crippen molar-refractivity contribution < 1.29 is 4.39 Å². The van der Waals surface area contributed by atoms with E-state index in [9.17, 15) is 4.39 Å². The van der Waals surface area contributed by atoms with E-state index in [1.807, 2.05) is 0 Å². The van der Waals surface area contributed by atoms with Crippen molar-refractivity contribution in [3.8, 4) is 0 Å². The molecule has 2 aromatic rings. The number of rotatable bonds is 0. The highest BCUT2D eigenvalue weighted by atomic mass is 35.5. The minimum absolute atomic E-state index is 0.149. The van der Waals surface area contributed by atoms with E-state index in [4.69, 9.17) is 11.6 Å². The summed E-state index contributed by atoms with van der Waals surface area (Å²) >= 11 is 5.70. The van der Waals surface area contributed by atoms with Crippen LogP contribution in [0.4, 0.5) is 4.39 Å². The van der Waals surface area contributed by atoms with Crippen molar-refractivity contribution in [1.82, 2.24) is 15.0 Å². The molecule has 0 radical (unpaired) electrons. The highest BCUT2D eigenvalue weighted by Gasteiger charge is 2.09. The Kier molecular flexibility index (Phi) is 1.51.